The van der Waals surface area contributed by atoms with E-state index >= 15 is 4.79 Å². The molecule has 0 radical (unpaired) electrons. The first kappa shape index (κ1) is 32.2. The lowest BCUT2D eigenvalue weighted by Crippen LogP contribution is -2.68. The minimum atomic E-state index is -0.916. The van der Waals surface area contributed by atoms with Crippen LogP contribution in [0.15, 0.2) is 66.7 Å². The van der Waals surface area contributed by atoms with Gasteiger partial charge in [-0.2, -0.15) is 0 Å². The Hall–Kier alpha value is -5.06. The Morgan fingerprint density at radius 3 is 2.14 bits per heavy atom. The highest BCUT2D eigenvalue weighted by atomic mass is 16.7. The second kappa shape index (κ2) is 12.7. The van der Waals surface area contributed by atoms with Crippen molar-refractivity contribution in [3.05, 3.63) is 111 Å². The fraction of sp³-hybridized carbons (Fsp3) is 0.350. The number of fused-ring (bicyclic) bond motifs is 9. The van der Waals surface area contributed by atoms with Gasteiger partial charge in [0.1, 0.15) is 18.4 Å². The maximum atomic E-state index is 15.2. The summed E-state index contributed by atoms with van der Waals surface area (Å²) in [6.45, 7) is 4.62. The molecule has 0 saturated carbocycles. The lowest BCUT2D eigenvalue weighted by atomic mass is 9.73. The zero-order chi connectivity index (χ0) is 34.7. The number of hydrogen-bond donors (Lipinski definition) is 0. The van der Waals surface area contributed by atoms with Crippen LogP contribution in [0.25, 0.3) is 0 Å². The molecule has 50 heavy (non-hydrogen) atoms. The second-order valence-corrected chi connectivity index (χ2v) is 13.3. The van der Waals surface area contributed by atoms with E-state index in [4.69, 9.17) is 28.4 Å². The summed E-state index contributed by atoms with van der Waals surface area (Å²) in [6.07, 6.45) is 0.449. The quantitative estimate of drug-likeness (QED) is 0.215. The van der Waals surface area contributed by atoms with Gasteiger partial charge in [-0.25, -0.2) is 0 Å². The first-order valence-corrected chi connectivity index (χ1v) is 16.9. The number of hydrogen-bond acceptors (Lipinski definition) is 9. The van der Waals surface area contributed by atoms with Crippen LogP contribution < -0.4 is 23.7 Å². The Bertz CT molecular complexity index is 1980. The van der Waals surface area contributed by atoms with E-state index in [1.54, 1.807) is 19.1 Å². The summed E-state index contributed by atoms with van der Waals surface area (Å²) in [5, 5.41) is 0. The summed E-state index contributed by atoms with van der Waals surface area (Å²) in [7, 11) is 5.11. The second-order valence-electron chi connectivity index (χ2n) is 13.3. The van der Waals surface area contributed by atoms with Gasteiger partial charge in [-0.15, -0.1) is 0 Å². The summed E-state index contributed by atoms with van der Waals surface area (Å²) in [4.78, 5) is 33.8. The number of likely N-dealkylation sites (N-methyl/N-ethyl adjacent to an activating group) is 1. The molecule has 4 aromatic carbocycles. The van der Waals surface area contributed by atoms with Crippen LogP contribution in [0.3, 0.4) is 0 Å². The molecule has 258 valence electrons. The van der Waals surface area contributed by atoms with Crippen LogP contribution in [0.4, 0.5) is 0 Å². The third-order valence-corrected chi connectivity index (χ3v) is 10.6. The number of nitrogens with zero attached hydrogens (tertiary/aromatic N) is 2. The maximum absolute atomic E-state index is 15.2. The van der Waals surface area contributed by atoms with E-state index in [0.717, 1.165) is 27.8 Å². The van der Waals surface area contributed by atoms with Crippen LogP contribution >= 0.6 is 0 Å². The van der Waals surface area contributed by atoms with Gasteiger partial charge in [0, 0.05) is 16.7 Å². The standard InChI is InChI=1S/C40H40N2O8/c1-22-16-26-17-27-40(44)42-28(20-47-18-24-12-8-6-9-13-24)30-31(36(46-5)23(2)37-39(30)50-21-49-37)34(43)33(42)32(41(27)3)29(26)38(35(22)45-4)48-19-25-14-10-7-11-15-25/h6-16,27-28,32-33H,17-21H2,1-5H3/t27?,28-,32?,33?/m0/s1. The summed E-state index contributed by atoms with van der Waals surface area (Å²) in [6, 6.07) is 19.3. The zero-order valence-corrected chi connectivity index (χ0v) is 28.9. The minimum Gasteiger partial charge on any atom is -0.496 e. The van der Waals surface area contributed by atoms with Gasteiger partial charge in [-0.05, 0) is 49.6 Å². The number of piperazine rings is 1. The lowest BCUT2D eigenvalue weighted by Gasteiger charge is -2.56. The number of ketones is 1. The smallest absolute Gasteiger partial charge is 0.241 e. The Balaban J connectivity index is 1.30. The number of carbonyl (C=O) groups excluding carboxylic acids is 2. The van der Waals surface area contributed by atoms with Crippen LogP contribution in [-0.2, 0) is 29.2 Å². The third-order valence-electron chi connectivity index (χ3n) is 10.6. The SMILES string of the molecule is COc1c(C)cc2c(c1OCc1ccccc1)C1C3C(=O)c4c(OC)c(C)c5c(c4[C@H](COCc4ccccc4)N3C(=O)C(C2)N1C)OCO5. The highest BCUT2D eigenvalue weighted by Crippen LogP contribution is 2.57. The number of Topliss-reactive ketones (excluding diaryl/α,β-unsaturated/α-hetero) is 1. The molecule has 0 spiro atoms. The van der Waals surface area contributed by atoms with E-state index in [0.29, 0.717) is 65.1 Å². The normalized spacial score (nSPS) is 21.7. The van der Waals surface area contributed by atoms with E-state index in [9.17, 15) is 4.79 Å². The molecule has 8 rings (SSSR count). The van der Waals surface area contributed by atoms with Crippen molar-refractivity contribution in [1.82, 2.24) is 9.80 Å². The van der Waals surface area contributed by atoms with Crippen LogP contribution in [-0.4, -0.2) is 68.2 Å². The molecule has 0 aliphatic carbocycles. The number of methoxy groups -OCH3 is 2. The van der Waals surface area contributed by atoms with Gasteiger partial charge < -0.3 is 33.3 Å². The van der Waals surface area contributed by atoms with Crippen molar-refractivity contribution in [1.29, 1.82) is 0 Å². The van der Waals surface area contributed by atoms with Gasteiger partial charge in [0.05, 0.1) is 51.1 Å². The summed E-state index contributed by atoms with van der Waals surface area (Å²) in [5.74, 6) is 2.21. The molecule has 3 unspecified atom stereocenters. The fourth-order valence-corrected chi connectivity index (χ4v) is 8.36. The van der Waals surface area contributed by atoms with Gasteiger partial charge in [-0.3, -0.25) is 14.5 Å². The van der Waals surface area contributed by atoms with Crippen LogP contribution in [0, 0.1) is 13.8 Å². The van der Waals surface area contributed by atoms with Crippen molar-refractivity contribution in [3.63, 3.8) is 0 Å². The number of ether oxygens (including phenoxy) is 6. The number of aryl methyl sites for hydroxylation is 1. The number of benzene rings is 4. The van der Waals surface area contributed by atoms with Crippen molar-refractivity contribution in [2.24, 2.45) is 0 Å². The molecular formula is C40H40N2O8. The molecule has 10 nitrogen and oxygen atoms in total. The Morgan fingerprint density at radius 2 is 1.46 bits per heavy atom. The van der Waals surface area contributed by atoms with Crippen molar-refractivity contribution in [2.45, 2.75) is 57.6 Å². The van der Waals surface area contributed by atoms with Crippen molar-refractivity contribution in [3.8, 4) is 28.7 Å². The average Bonchev–Trinajstić information content (AvgIpc) is 3.62. The summed E-state index contributed by atoms with van der Waals surface area (Å²) < 4.78 is 37.0. The average molecular weight is 677 g/mol. The largest absolute Gasteiger partial charge is 0.496 e. The Labute approximate surface area is 291 Å². The predicted octanol–water partition coefficient (Wildman–Crippen LogP) is 5.89. The van der Waals surface area contributed by atoms with E-state index in [1.807, 2.05) is 86.5 Å². The van der Waals surface area contributed by atoms with Crippen LogP contribution in [0.2, 0.25) is 0 Å². The van der Waals surface area contributed by atoms with Crippen molar-refractivity contribution < 1.29 is 38.0 Å². The Kier molecular flexibility index (Phi) is 8.16. The molecule has 10 heteroatoms. The number of rotatable bonds is 9. The van der Waals surface area contributed by atoms with E-state index in [1.165, 1.54) is 0 Å². The lowest BCUT2D eigenvalue weighted by molar-refractivity contribution is -0.156. The first-order valence-electron chi connectivity index (χ1n) is 16.9. The molecule has 4 heterocycles. The van der Waals surface area contributed by atoms with E-state index in [2.05, 4.69) is 6.07 Å². The zero-order valence-electron chi connectivity index (χ0n) is 28.9. The third kappa shape index (κ3) is 4.92. The predicted molar refractivity (Wildman–Crippen MR) is 184 cm³/mol. The molecule has 4 aliphatic heterocycles. The molecule has 0 aromatic heterocycles. The molecular weight excluding hydrogens is 636 g/mol. The molecule has 4 atom stereocenters. The van der Waals surface area contributed by atoms with Gasteiger partial charge in [0.15, 0.2) is 28.8 Å². The molecule has 1 saturated heterocycles. The molecule has 1 amide bonds. The topological polar surface area (TPSA) is 96.0 Å². The van der Waals surface area contributed by atoms with Gasteiger partial charge in [0.2, 0.25) is 12.7 Å². The molecule has 4 aromatic rings. The van der Waals surface area contributed by atoms with Gasteiger partial charge in [-0.1, -0.05) is 66.7 Å². The minimum absolute atomic E-state index is 0.00155. The van der Waals surface area contributed by atoms with E-state index < -0.39 is 24.2 Å². The number of carbonyl (C=O) groups is 2. The van der Waals surface area contributed by atoms with Gasteiger partial charge >= 0.3 is 0 Å². The maximum Gasteiger partial charge on any atom is 0.241 e. The molecule has 2 bridgehead atoms. The monoisotopic (exact) mass is 676 g/mol. The fourth-order valence-electron chi connectivity index (χ4n) is 8.36. The molecule has 4 aliphatic rings. The Morgan fingerprint density at radius 1 is 0.800 bits per heavy atom. The molecule has 0 N–H and O–H groups in total. The number of amides is 1. The van der Waals surface area contributed by atoms with Crippen LogP contribution in [0.5, 0.6) is 28.7 Å². The van der Waals surface area contributed by atoms with E-state index in [-0.39, 0.29) is 25.1 Å². The van der Waals surface area contributed by atoms with Gasteiger partial charge in [0.25, 0.3) is 0 Å². The molecule has 1 fully saturated rings. The van der Waals surface area contributed by atoms with Crippen LogP contribution in [0.1, 0.15) is 61.4 Å². The summed E-state index contributed by atoms with van der Waals surface area (Å²) >= 11 is 0. The first-order chi connectivity index (χ1) is 24.3. The highest BCUT2D eigenvalue weighted by Gasteiger charge is 2.59. The summed E-state index contributed by atoms with van der Waals surface area (Å²) in [5.41, 5.74) is 6.35. The highest BCUT2D eigenvalue weighted by molar-refractivity contribution is 6.10. The van der Waals surface area contributed by atoms with Crippen molar-refractivity contribution in [2.75, 3.05) is 34.7 Å². The van der Waals surface area contributed by atoms with Crippen molar-refractivity contribution >= 4 is 11.7 Å².